The Bertz CT molecular complexity index is 802. The Morgan fingerprint density at radius 3 is 2.65 bits per heavy atom. The fourth-order valence-electron chi connectivity index (χ4n) is 2.34. The first-order chi connectivity index (χ1) is 11.0. The van der Waals surface area contributed by atoms with Gasteiger partial charge in [0.15, 0.2) is 5.13 Å². The van der Waals surface area contributed by atoms with Crippen LogP contribution in [0.4, 0.5) is 16.5 Å². The van der Waals surface area contributed by atoms with Crippen LogP contribution in [0.1, 0.15) is 17.4 Å². The third-order valence-electron chi connectivity index (χ3n) is 3.45. The van der Waals surface area contributed by atoms with E-state index in [9.17, 15) is 14.4 Å². The van der Waals surface area contributed by atoms with Crippen molar-refractivity contribution < 1.29 is 14.4 Å². The Morgan fingerprint density at radius 1 is 1.26 bits per heavy atom. The van der Waals surface area contributed by atoms with Crippen LogP contribution in [0.2, 0.25) is 0 Å². The maximum atomic E-state index is 12.7. The Morgan fingerprint density at radius 2 is 1.96 bits per heavy atom. The molecule has 1 aliphatic heterocycles. The summed E-state index contributed by atoms with van der Waals surface area (Å²) >= 11 is 1.17. The molecule has 0 spiro atoms. The fraction of sp³-hybridized carbons (Fsp3) is 0.200. The van der Waals surface area contributed by atoms with Gasteiger partial charge in [-0.3, -0.25) is 19.3 Å². The van der Waals surface area contributed by atoms with Crippen molar-refractivity contribution >= 4 is 45.6 Å². The molecule has 0 bridgehead atoms. The summed E-state index contributed by atoms with van der Waals surface area (Å²) in [6.07, 6.45) is 0. The fourth-order valence-corrected chi connectivity index (χ4v) is 3.07. The van der Waals surface area contributed by atoms with Gasteiger partial charge >= 0.3 is 0 Å². The lowest BCUT2D eigenvalue weighted by Crippen LogP contribution is -2.46. The number of fused-ring (bicyclic) bond motifs is 1. The highest BCUT2D eigenvalue weighted by Gasteiger charge is 2.31. The second kappa shape index (κ2) is 5.81. The number of carbonyl (C=O) groups is 3. The Balaban J connectivity index is 1.93. The summed E-state index contributed by atoms with van der Waals surface area (Å²) in [4.78, 5) is 42.9. The zero-order chi connectivity index (χ0) is 16.6. The number of para-hydroxylation sites is 2. The Hall–Kier alpha value is -2.74. The number of nitrogens with one attached hydrogen (secondary N) is 1. The van der Waals surface area contributed by atoms with Crippen LogP contribution < -0.4 is 15.1 Å². The van der Waals surface area contributed by atoms with E-state index in [1.54, 1.807) is 24.6 Å². The average molecular weight is 330 g/mol. The molecule has 0 aliphatic carbocycles. The zero-order valence-electron chi connectivity index (χ0n) is 12.6. The van der Waals surface area contributed by atoms with Crippen molar-refractivity contribution in [2.75, 3.05) is 28.7 Å². The van der Waals surface area contributed by atoms with E-state index in [1.807, 2.05) is 12.1 Å². The number of nitrogens with zero attached hydrogens (tertiary/aromatic N) is 3. The highest BCUT2D eigenvalue weighted by Crippen LogP contribution is 2.33. The molecule has 1 aliphatic rings. The second-order valence-electron chi connectivity index (χ2n) is 5.05. The molecule has 2 heterocycles. The number of carbonyl (C=O) groups excluding carboxylic acids is 3. The van der Waals surface area contributed by atoms with Crippen LogP contribution in [-0.4, -0.2) is 36.3 Å². The monoisotopic (exact) mass is 330 g/mol. The lowest BCUT2D eigenvalue weighted by Gasteiger charge is -2.33. The molecule has 0 saturated carbocycles. The predicted molar refractivity (Wildman–Crippen MR) is 87.9 cm³/mol. The predicted octanol–water partition coefficient (Wildman–Crippen LogP) is 1.72. The van der Waals surface area contributed by atoms with E-state index in [0.29, 0.717) is 16.5 Å². The van der Waals surface area contributed by atoms with Gasteiger partial charge in [-0.05, 0) is 12.1 Å². The molecular formula is C15H14N4O3S. The Kier molecular flexibility index (Phi) is 3.83. The first-order valence-corrected chi connectivity index (χ1v) is 7.76. The van der Waals surface area contributed by atoms with Gasteiger partial charge in [0, 0.05) is 19.4 Å². The number of hydrogen-bond donors (Lipinski definition) is 1. The second-order valence-corrected chi connectivity index (χ2v) is 5.91. The molecule has 2 aromatic rings. The van der Waals surface area contributed by atoms with Crippen molar-refractivity contribution in [1.82, 2.24) is 4.98 Å². The standard InChI is InChI=1S/C15H14N4O3S/c1-9(20)16-15-17-10(8-23-15)14(22)19-7-13(21)18(2)11-5-3-4-6-12(11)19/h3-6,8H,7H2,1-2H3,(H,16,17,20). The zero-order valence-corrected chi connectivity index (χ0v) is 13.4. The molecule has 8 heteroatoms. The summed E-state index contributed by atoms with van der Waals surface area (Å²) in [5.74, 6) is -0.792. The Labute approximate surface area is 136 Å². The molecule has 1 N–H and O–H groups in total. The lowest BCUT2D eigenvalue weighted by atomic mass is 10.1. The molecule has 1 aromatic carbocycles. The SMILES string of the molecule is CC(=O)Nc1nc(C(=O)N2CC(=O)N(C)c3ccccc32)cs1. The maximum Gasteiger partial charge on any atom is 0.278 e. The van der Waals surface area contributed by atoms with E-state index < -0.39 is 0 Å². The van der Waals surface area contributed by atoms with Crippen molar-refractivity contribution in [3.63, 3.8) is 0 Å². The molecule has 0 unspecified atom stereocenters. The van der Waals surface area contributed by atoms with Crippen molar-refractivity contribution in [1.29, 1.82) is 0 Å². The van der Waals surface area contributed by atoms with Gasteiger partial charge in [-0.2, -0.15) is 0 Å². The third-order valence-corrected chi connectivity index (χ3v) is 4.21. The van der Waals surface area contributed by atoms with Crippen molar-refractivity contribution in [3.05, 3.63) is 35.3 Å². The molecule has 3 amide bonds. The van der Waals surface area contributed by atoms with Crippen LogP contribution in [0.25, 0.3) is 0 Å². The molecule has 0 saturated heterocycles. The van der Waals surface area contributed by atoms with Gasteiger partial charge in [0.05, 0.1) is 11.4 Å². The number of amides is 3. The molecule has 23 heavy (non-hydrogen) atoms. The van der Waals surface area contributed by atoms with Gasteiger partial charge in [-0.15, -0.1) is 11.3 Å². The normalized spacial score (nSPS) is 13.7. The maximum absolute atomic E-state index is 12.7. The summed E-state index contributed by atoms with van der Waals surface area (Å²) in [6.45, 7) is 1.33. The van der Waals surface area contributed by atoms with Crippen molar-refractivity contribution in [2.24, 2.45) is 0 Å². The van der Waals surface area contributed by atoms with Gasteiger partial charge in [-0.1, -0.05) is 12.1 Å². The number of hydrogen-bond acceptors (Lipinski definition) is 5. The van der Waals surface area contributed by atoms with Gasteiger partial charge in [0.25, 0.3) is 5.91 Å². The molecule has 3 rings (SSSR count). The number of likely N-dealkylation sites (N-methyl/N-ethyl adjacent to an activating group) is 1. The third kappa shape index (κ3) is 2.80. The van der Waals surface area contributed by atoms with E-state index in [1.165, 1.54) is 28.1 Å². The topological polar surface area (TPSA) is 82.6 Å². The van der Waals surface area contributed by atoms with Crippen LogP contribution in [0.5, 0.6) is 0 Å². The van der Waals surface area contributed by atoms with Gasteiger partial charge in [-0.25, -0.2) is 4.98 Å². The smallest absolute Gasteiger partial charge is 0.278 e. The molecular weight excluding hydrogens is 316 g/mol. The van der Waals surface area contributed by atoms with E-state index in [-0.39, 0.29) is 30.0 Å². The molecule has 0 atom stereocenters. The number of aromatic nitrogens is 1. The number of rotatable bonds is 2. The number of anilines is 3. The van der Waals surface area contributed by atoms with Crippen LogP contribution in [0.15, 0.2) is 29.6 Å². The molecule has 0 radical (unpaired) electrons. The van der Waals surface area contributed by atoms with Crippen LogP contribution in [0.3, 0.4) is 0 Å². The van der Waals surface area contributed by atoms with Crippen LogP contribution >= 0.6 is 11.3 Å². The summed E-state index contributed by atoms with van der Waals surface area (Å²) in [5.41, 5.74) is 1.54. The highest BCUT2D eigenvalue weighted by molar-refractivity contribution is 7.14. The number of thiazole rings is 1. The van der Waals surface area contributed by atoms with E-state index in [0.717, 1.165) is 0 Å². The molecule has 118 valence electrons. The minimum atomic E-state index is -0.369. The largest absolute Gasteiger partial charge is 0.312 e. The van der Waals surface area contributed by atoms with E-state index in [4.69, 9.17) is 0 Å². The lowest BCUT2D eigenvalue weighted by molar-refractivity contribution is -0.117. The van der Waals surface area contributed by atoms with Crippen LogP contribution in [0, 0.1) is 0 Å². The molecule has 7 nitrogen and oxygen atoms in total. The van der Waals surface area contributed by atoms with Crippen molar-refractivity contribution in [3.8, 4) is 0 Å². The summed E-state index contributed by atoms with van der Waals surface area (Å²) < 4.78 is 0. The van der Waals surface area contributed by atoms with Gasteiger partial charge in [0.1, 0.15) is 12.2 Å². The van der Waals surface area contributed by atoms with Gasteiger partial charge in [0.2, 0.25) is 11.8 Å². The first kappa shape index (κ1) is 15.2. The van der Waals surface area contributed by atoms with Gasteiger partial charge < -0.3 is 10.2 Å². The number of benzene rings is 1. The van der Waals surface area contributed by atoms with E-state index in [2.05, 4.69) is 10.3 Å². The van der Waals surface area contributed by atoms with Crippen molar-refractivity contribution in [2.45, 2.75) is 6.92 Å². The van der Waals surface area contributed by atoms with Crippen LogP contribution in [-0.2, 0) is 9.59 Å². The molecule has 0 fully saturated rings. The summed E-state index contributed by atoms with van der Waals surface area (Å²) in [7, 11) is 1.68. The highest BCUT2D eigenvalue weighted by atomic mass is 32.1. The minimum absolute atomic E-state index is 0.0423. The summed E-state index contributed by atoms with van der Waals surface area (Å²) in [6, 6.07) is 7.20. The average Bonchev–Trinajstić information content (AvgIpc) is 2.98. The minimum Gasteiger partial charge on any atom is -0.312 e. The van der Waals surface area contributed by atoms with E-state index >= 15 is 0 Å². The molecule has 1 aromatic heterocycles. The summed E-state index contributed by atoms with van der Waals surface area (Å²) in [5, 5.41) is 4.47. The quantitative estimate of drug-likeness (QED) is 0.909. The first-order valence-electron chi connectivity index (χ1n) is 6.88.